The first kappa shape index (κ1) is 25.8. The van der Waals surface area contributed by atoms with Gasteiger partial charge in [-0.2, -0.15) is 18.4 Å². The van der Waals surface area contributed by atoms with Crippen LogP contribution in [0.2, 0.25) is 5.02 Å². The van der Waals surface area contributed by atoms with Crippen LogP contribution in [0.1, 0.15) is 25.0 Å². The number of allylic oxidation sites excluding steroid dienone is 1. The number of carbonyl (C=O) groups excluding carboxylic acids is 1. The number of esters is 1. The molecule has 0 saturated heterocycles. The maximum atomic E-state index is 12.8. The van der Waals surface area contributed by atoms with Gasteiger partial charge in [-0.1, -0.05) is 18.2 Å². The molecular weight excluding hydrogens is 465 g/mol. The largest absolute Gasteiger partial charge is 0.477 e. The van der Waals surface area contributed by atoms with Crippen LogP contribution in [0.25, 0.3) is 0 Å². The Kier molecular flexibility index (Phi) is 8.96. The van der Waals surface area contributed by atoms with E-state index in [1.165, 1.54) is 25.1 Å². The summed E-state index contributed by atoms with van der Waals surface area (Å²) in [4.78, 5) is 17.1. The Labute approximate surface area is 193 Å². The third-order valence-electron chi connectivity index (χ3n) is 3.87. The number of carbonyl (C=O) groups is 1. The Balaban J connectivity index is 2.06. The van der Waals surface area contributed by atoms with Gasteiger partial charge in [0, 0.05) is 11.8 Å². The normalized spacial score (nSPS) is 11.8. The van der Waals surface area contributed by atoms with Crippen molar-refractivity contribution in [3.8, 4) is 23.3 Å². The lowest BCUT2D eigenvalue weighted by molar-refractivity contribution is -0.153. The highest BCUT2D eigenvalue weighted by Gasteiger charge is 2.31. The van der Waals surface area contributed by atoms with Crippen LogP contribution < -0.4 is 15.0 Å². The molecule has 0 aliphatic carbocycles. The van der Waals surface area contributed by atoms with Crippen LogP contribution in [0.15, 0.2) is 48.7 Å². The van der Waals surface area contributed by atoms with Crippen LogP contribution >= 0.6 is 11.6 Å². The van der Waals surface area contributed by atoms with Gasteiger partial charge in [0.2, 0.25) is 0 Å². The molecule has 2 rings (SSSR count). The van der Waals surface area contributed by atoms with E-state index in [0.717, 1.165) is 18.2 Å². The summed E-state index contributed by atoms with van der Waals surface area (Å²) < 4.78 is 54.5. The second-order valence-electron chi connectivity index (χ2n) is 6.67. The number of hydrogen-bond acceptors (Lipinski definition) is 7. The Morgan fingerprint density at radius 1 is 1.21 bits per heavy atom. The second kappa shape index (κ2) is 11.4. The van der Waals surface area contributed by atoms with Gasteiger partial charge in [0.1, 0.15) is 36.5 Å². The highest BCUT2D eigenvalue weighted by molar-refractivity contribution is 6.32. The first-order chi connectivity index (χ1) is 15.5. The molecule has 0 fully saturated rings. The highest BCUT2D eigenvalue weighted by atomic mass is 35.5. The average molecular weight is 485 g/mol. The van der Waals surface area contributed by atoms with E-state index in [0.29, 0.717) is 5.70 Å². The van der Waals surface area contributed by atoms with Gasteiger partial charge in [-0.05, 0) is 44.2 Å². The van der Waals surface area contributed by atoms with Crippen molar-refractivity contribution < 1.29 is 37.0 Å². The SMILES string of the molecule is C=C(C)NOCCOC(=O)C(C)Oc1cc(Oc2ccc(C(F)(F)F)cc2Cl)ccc1C#N. The van der Waals surface area contributed by atoms with Crippen molar-refractivity contribution in [2.75, 3.05) is 13.2 Å². The summed E-state index contributed by atoms with van der Waals surface area (Å²) in [5, 5.41) is 9.05. The average Bonchev–Trinajstić information content (AvgIpc) is 2.74. The fraction of sp³-hybridized carbons (Fsp3) is 0.273. The van der Waals surface area contributed by atoms with Crippen molar-refractivity contribution >= 4 is 17.6 Å². The van der Waals surface area contributed by atoms with Crippen LogP contribution in [-0.2, 0) is 20.5 Å². The van der Waals surface area contributed by atoms with Crippen LogP contribution in [0.4, 0.5) is 13.2 Å². The maximum Gasteiger partial charge on any atom is 0.416 e. The molecule has 0 spiro atoms. The summed E-state index contributed by atoms with van der Waals surface area (Å²) in [7, 11) is 0. The summed E-state index contributed by atoms with van der Waals surface area (Å²) in [6.45, 7) is 6.73. The predicted molar refractivity (Wildman–Crippen MR) is 113 cm³/mol. The maximum absolute atomic E-state index is 12.8. The lowest BCUT2D eigenvalue weighted by Crippen LogP contribution is -2.28. The van der Waals surface area contributed by atoms with E-state index < -0.39 is 23.8 Å². The van der Waals surface area contributed by atoms with Crippen molar-refractivity contribution in [1.29, 1.82) is 5.26 Å². The zero-order valence-corrected chi connectivity index (χ0v) is 18.4. The number of hydrogen-bond donors (Lipinski definition) is 1. The van der Waals surface area contributed by atoms with E-state index in [1.807, 2.05) is 6.07 Å². The zero-order chi connectivity index (χ0) is 24.6. The molecule has 11 heteroatoms. The molecule has 0 heterocycles. The molecule has 0 aromatic heterocycles. The number of halogens is 4. The third-order valence-corrected chi connectivity index (χ3v) is 4.17. The molecule has 0 amide bonds. The van der Waals surface area contributed by atoms with E-state index in [1.54, 1.807) is 6.92 Å². The van der Waals surface area contributed by atoms with Crippen LogP contribution in [0, 0.1) is 11.3 Å². The minimum absolute atomic E-state index is 0.0164. The van der Waals surface area contributed by atoms with Crippen LogP contribution in [0.3, 0.4) is 0 Å². The minimum atomic E-state index is -4.55. The van der Waals surface area contributed by atoms with Gasteiger partial charge >= 0.3 is 12.1 Å². The van der Waals surface area contributed by atoms with Gasteiger partial charge in [-0.25, -0.2) is 4.79 Å². The zero-order valence-electron chi connectivity index (χ0n) is 17.7. The molecule has 0 aliphatic rings. The summed E-state index contributed by atoms with van der Waals surface area (Å²) >= 11 is 5.91. The van der Waals surface area contributed by atoms with E-state index >= 15 is 0 Å². The molecule has 0 bridgehead atoms. The summed E-state index contributed by atoms with van der Waals surface area (Å²) in [5.41, 5.74) is 2.28. The van der Waals surface area contributed by atoms with Crippen molar-refractivity contribution in [3.63, 3.8) is 0 Å². The van der Waals surface area contributed by atoms with Crippen molar-refractivity contribution in [1.82, 2.24) is 5.48 Å². The number of nitriles is 1. The molecule has 2 aromatic carbocycles. The number of ether oxygens (including phenoxy) is 3. The molecule has 2 aromatic rings. The molecule has 33 heavy (non-hydrogen) atoms. The predicted octanol–water partition coefficient (Wildman–Crippen LogP) is 5.39. The number of nitrogens with zero attached hydrogens (tertiary/aromatic N) is 1. The molecule has 0 radical (unpaired) electrons. The van der Waals surface area contributed by atoms with Gasteiger partial charge in [-0.3, -0.25) is 10.3 Å². The lowest BCUT2D eigenvalue weighted by atomic mass is 10.2. The van der Waals surface area contributed by atoms with Gasteiger partial charge < -0.3 is 14.2 Å². The molecule has 7 nitrogen and oxygen atoms in total. The Bertz CT molecular complexity index is 1050. The van der Waals surface area contributed by atoms with E-state index in [2.05, 4.69) is 12.1 Å². The molecule has 176 valence electrons. The molecule has 0 saturated carbocycles. The van der Waals surface area contributed by atoms with Gasteiger partial charge in [-0.15, -0.1) is 0 Å². The van der Waals surface area contributed by atoms with Crippen molar-refractivity contribution in [2.24, 2.45) is 0 Å². The molecule has 1 N–H and O–H groups in total. The summed E-state index contributed by atoms with van der Waals surface area (Å²) in [6.07, 6.45) is -5.62. The number of hydroxylamine groups is 1. The summed E-state index contributed by atoms with van der Waals surface area (Å²) in [6, 6.07) is 8.67. The first-order valence-corrected chi connectivity index (χ1v) is 9.84. The number of rotatable bonds is 10. The van der Waals surface area contributed by atoms with E-state index in [-0.39, 0.29) is 41.0 Å². The Morgan fingerprint density at radius 2 is 1.94 bits per heavy atom. The third kappa shape index (κ3) is 7.89. The fourth-order valence-corrected chi connectivity index (χ4v) is 2.58. The number of benzene rings is 2. The standard InChI is InChI=1S/C22H20ClF3N2O5/c1-13(2)28-31-9-8-30-21(29)14(3)32-20-11-17(6-4-15(20)12-27)33-19-7-5-16(10-18(19)23)22(24,25)26/h4-7,10-11,14,28H,1,8-9H2,2-3H3. The first-order valence-electron chi connectivity index (χ1n) is 9.46. The minimum Gasteiger partial charge on any atom is -0.477 e. The Morgan fingerprint density at radius 3 is 2.55 bits per heavy atom. The van der Waals surface area contributed by atoms with Gasteiger partial charge in [0.25, 0.3) is 0 Å². The van der Waals surface area contributed by atoms with E-state index in [9.17, 15) is 23.2 Å². The molecule has 1 unspecified atom stereocenters. The molecule has 0 aliphatic heterocycles. The smallest absolute Gasteiger partial charge is 0.416 e. The number of nitrogens with one attached hydrogen (secondary N) is 1. The summed E-state index contributed by atoms with van der Waals surface area (Å²) in [5.74, 6) is -0.584. The quantitative estimate of drug-likeness (QED) is 0.275. The van der Waals surface area contributed by atoms with Gasteiger partial charge in [0.05, 0.1) is 16.1 Å². The van der Waals surface area contributed by atoms with Crippen molar-refractivity contribution in [2.45, 2.75) is 26.1 Å². The number of alkyl halides is 3. The second-order valence-corrected chi connectivity index (χ2v) is 7.08. The lowest BCUT2D eigenvalue weighted by Gasteiger charge is -2.16. The van der Waals surface area contributed by atoms with Crippen LogP contribution in [0.5, 0.6) is 17.2 Å². The van der Waals surface area contributed by atoms with Gasteiger partial charge in [0.15, 0.2) is 6.10 Å². The topological polar surface area (TPSA) is 89.8 Å². The van der Waals surface area contributed by atoms with Crippen molar-refractivity contribution in [3.05, 3.63) is 64.8 Å². The molecule has 1 atom stereocenters. The Hall–Kier alpha value is -3.42. The van der Waals surface area contributed by atoms with E-state index in [4.69, 9.17) is 30.6 Å². The highest BCUT2D eigenvalue weighted by Crippen LogP contribution is 2.37. The van der Waals surface area contributed by atoms with Crippen LogP contribution in [-0.4, -0.2) is 25.3 Å². The molecular formula is C22H20ClF3N2O5. The fourth-order valence-electron chi connectivity index (χ4n) is 2.36. The monoisotopic (exact) mass is 484 g/mol.